The average Bonchev–Trinajstić information content (AvgIpc) is 2.84. The Bertz CT molecular complexity index is 1210. The van der Waals surface area contributed by atoms with Crippen molar-refractivity contribution < 1.29 is 15.0 Å². The monoisotopic (exact) mass is 422 g/mol. The number of hydrogen-bond acceptors (Lipinski definition) is 3. The molecule has 0 aliphatic heterocycles. The van der Waals surface area contributed by atoms with E-state index in [2.05, 4.69) is 19.1 Å². The van der Waals surface area contributed by atoms with Gasteiger partial charge in [0.05, 0.1) is 5.56 Å². The molecule has 0 bridgehead atoms. The Morgan fingerprint density at radius 1 is 0.656 bits per heavy atom. The molecule has 0 spiro atoms. The number of hydrogen-bond donors (Lipinski definition) is 2. The lowest BCUT2D eigenvalue weighted by molar-refractivity contribution is 0.103. The maximum atomic E-state index is 13.4. The van der Waals surface area contributed by atoms with Crippen LogP contribution in [0, 0.1) is 0 Å². The molecule has 2 N–H and O–H groups in total. The van der Waals surface area contributed by atoms with Gasteiger partial charge in [0.15, 0.2) is 5.78 Å². The SMILES string of the molecule is CC(c1ccccc1)c1cc(C(=O)c2ccc(O)cc2)c(O)c(C(C)c2ccccc2)c1. The van der Waals surface area contributed by atoms with Gasteiger partial charge in [-0.1, -0.05) is 80.6 Å². The number of carbonyl (C=O) groups is 1. The third kappa shape index (κ3) is 4.28. The van der Waals surface area contributed by atoms with Crippen molar-refractivity contribution in [3.05, 3.63) is 130 Å². The predicted molar refractivity (Wildman–Crippen MR) is 128 cm³/mol. The lowest BCUT2D eigenvalue weighted by Gasteiger charge is -2.21. The summed E-state index contributed by atoms with van der Waals surface area (Å²) in [5, 5.41) is 20.8. The maximum absolute atomic E-state index is 13.4. The van der Waals surface area contributed by atoms with Crippen molar-refractivity contribution in [1.82, 2.24) is 0 Å². The molecule has 0 heterocycles. The van der Waals surface area contributed by atoms with Crippen molar-refractivity contribution in [3.8, 4) is 11.5 Å². The third-order valence-electron chi connectivity index (χ3n) is 6.10. The lowest BCUT2D eigenvalue weighted by Crippen LogP contribution is -2.08. The molecule has 0 radical (unpaired) electrons. The van der Waals surface area contributed by atoms with Crippen LogP contribution in [0.1, 0.15) is 63.9 Å². The van der Waals surface area contributed by atoms with E-state index >= 15 is 0 Å². The fourth-order valence-corrected chi connectivity index (χ4v) is 4.06. The molecular formula is C29H26O3. The fourth-order valence-electron chi connectivity index (χ4n) is 4.06. The summed E-state index contributed by atoms with van der Waals surface area (Å²) in [7, 11) is 0. The number of benzene rings is 4. The summed E-state index contributed by atoms with van der Waals surface area (Å²) in [6.45, 7) is 4.14. The Labute approximate surface area is 188 Å². The normalized spacial score (nSPS) is 12.8. The van der Waals surface area contributed by atoms with Crippen molar-refractivity contribution in [1.29, 1.82) is 0 Å². The summed E-state index contributed by atoms with van der Waals surface area (Å²) in [6.07, 6.45) is 0. The second-order valence-electron chi connectivity index (χ2n) is 8.15. The van der Waals surface area contributed by atoms with Crippen molar-refractivity contribution in [2.45, 2.75) is 25.7 Å². The third-order valence-corrected chi connectivity index (χ3v) is 6.10. The van der Waals surface area contributed by atoms with Gasteiger partial charge in [-0.2, -0.15) is 0 Å². The molecule has 0 fully saturated rings. The van der Waals surface area contributed by atoms with Gasteiger partial charge in [0.1, 0.15) is 11.5 Å². The molecular weight excluding hydrogens is 396 g/mol. The summed E-state index contributed by atoms with van der Waals surface area (Å²) >= 11 is 0. The molecule has 4 aromatic rings. The zero-order chi connectivity index (χ0) is 22.7. The molecule has 3 heteroatoms. The van der Waals surface area contributed by atoms with E-state index in [0.717, 1.165) is 22.3 Å². The van der Waals surface area contributed by atoms with Crippen LogP contribution in [0.25, 0.3) is 0 Å². The molecule has 2 unspecified atom stereocenters. The van der Waals surface area contributed by atoms with E-state index in [4.69, 9.17) is 0 Å². The van der Waals surface area contributed by atoms with Crippen molar-refractivity contribution in [2.75, 3.05) is 0 Å². The van der Waals surface area contributed by atoms with Crippen LogP contribution in [0.15, 0.2) is 97.1 Å². The number of rotatable bonds is 6. The minimum atomic E-state index is -0.272. The van der Waals surface area contributed by atoms with Crippen molar-refractivity contribution >= 4 is 5.78 Å². The van der Waals surface area contributed by atoms with Gasteiger partial charge in [-0.15, -0.1) is 0 Å². The summed E-state index contributed by atoms with van der Waals surface area (Å²) < 4.78 is 0. The van der Waals surface area contributed by atoms with Crippen molar-refractivity contribution in [3.63, 3.8) is 0 Å². The second kappa shape index (κ2) is 9.11. The van der Waals surface area contributed by atoms with Gasteiger partial charge in [0, 0.05) is 23.0 Å². The van der Waals surface area contributed by atoms with E-state index in [1.54, 1.807) is 18.2 Å². The van der Waals surface area contributed by atoms with E-state index in [9.17, 15) is 15.0 Å². The number of carbonyl (C=O) groups excluding carboxylic acids is 1. The molecule has 0 saturated heterocycles. The summed E-state index contributed by atoms with van der Waals surface area (Å²) in [6, 6.07) is 30.0. The first-order valence-corrected chi connectivity index (χ1v) is 10.8. The van der Waals surface area contributed by atoms with Gasteiger partial charge in [-0.25, -0.2) is 0 Å². The van der Waals surface area contributed by atoms with Crippen LogP contribution in [0.2, 0.25) is 0 Å². The summed E-state index contributed by atoms with van der Waals surface area (Å²) in [4.78, 5) is 13.4. The largest absolute Gasteiger partial charge is 0.508 e. The Hall–Kier alpha value is -3.85. The quantitative estimate of drug-likeness (QED) is 0.343. The molecule has 0 aliphatic rings. The minimum Gasteiger partial charge on any atom is -0.508 e. The molecule has 0 saturated carbocycles. The molecule has 4 aromatic carbocycles. The topological polar surface area (TPSA) is 57.5 Å². The molecule has 0 aliphatic carbocycles. The van der Waals surface area contributed by atoms with Gasteiger partial charge in [0.2, 0.25) is 0 Å². The van der Waals surface area contributed by atoms with Crippen LogP contribution in [-0.2, 0) is 0 Å². The van der Waals surface area contributed by atoms with Crippen LogP contribution < -0.4 is 0 Å². The van der Waals surface area contributed by atoms with Crippen molar-refractivity contribution in [2.24, 2.45) is 0 Å². The minimum absolute atomic E-state index is 0.00318. The van der Waals surface area contributed by atoms with E-state index in [1.165, 1.54) is 12.1 Å². The van der Waals surface area contributed by atoms with Gasteiger partial charge in [-0.05, 0) is 47.0 Å². The van der Waals surface area contributed by atoms with Gasteiger partial charge < -0.3 is 10.2 Å². The van der Waals surface area contributed by atoms with Gasteiger partial charge in [-0.3, -0.25) is 4.79 Å². The lowest BCUT2D eigenvalue weighted by atomic mass is 9.84. The predicted octanol–water partition coefficient (Wildman–Crippen LogP) is 6.63. The van der Waals surface area contributed by atoms with E-state index in [1.807, 2.05) is 61.5 Å². The van der Waals surface area contributed by atoms with Crippen LogP contribution >= 0.6 is 0 Å². The molecule has 4 rings (SSSR count). The Kier molecular flexibility index (Phi) is 6.09. The van der Waals surface area contributed by atoms with E-state index in [0.29, 0.717) is 5.56 Å². The molecule has 160 valence electrons. The standard InChI is InChI=1S/C29H26O3/c1-19(21-9-5-3-6-10-21)24-17-26(20(2)22-11-7-4-8-12-22)29(32)27(18-24)28(31)23-13-15-25(30)16-14-23/h3-20,30,32H,1-2H3. The smallest absolute Gasteiger partial charge is 0.196 e. The number of ketones is 1. The first-order chi connectivity index (χ1) is 15.5. The summed E-state index contributed by atoms with van der Waals surface area (Å²) in [5.41, 5.74) is 4.58. The van der Waals surface area contributed by atoms with Gasteiger partial charge >= 0.3 is 0 Å². The van der Waals surface area contributed by atoms with Crippen LogP contribution in [-0.4, -0.2) is 16.0 Å². The molecule has 2 atom stereocenters. The molecule has 0 aromatic heterocycles. The highest BCUT2D eigenvalue weighted by molar-refractivity contribution is 6.11. The zero-order valence-corrected chi connectivity index (χ0v) is 18.2. The van der Waals surface area contributed by atoms with E-state index < -0.39 is 0 Å². The van der Waals surface area contributed by atoms with Crippen LogP contribution in [0.3, 0.4) is 0 Å². The Balaban J connectivity index is 1.86. The molecule has 32 heavy (non-hydrogen) atoms. The average molecular weight is 423 g/mol. The Morgan fingerprint density at radius 2 is 1.19 bits per heavy atom. The highest BCUT2D eigenvalue weighted by atomic mass is 16.3. The van der Waals surface area contributed by atoms with Crippen LogP contribution in [0.4, 0.5) is 0 Å². The highest BCUT2D eigenvalue weighted by Gasteiger charge is 2.23. The molecule has 3 nitrogen and oxygen atoms in total. The first kappa shape index (κ1) is 21.4. The van der Waals surface area contributed by atoms with E-state index in [-0.39, 0.29) is 34.7 Å². The summed E-state index contributed by atoms with van der Waals surface area (Å²) in [5.74, 6) is -0.222. The Morgan fingerprint density at radius 3 is 1.75 bits per heavy atom. The number of phenols is 2. The molecule has 0 amide bonds. The fraction of sp³-hybridized carbons (Fsp3) is 0.138. The maximum Gasteiger partial charge on any atom is 0.196 e. The second-order valence-corrected chi connectivity index (χ2v) is 8.15. The van der Waals surface area contributed by atoms with Gasteiger partial charge in [0.25, 0.3) is 0 Å². The first-order valence-electron chi connectivity index (χ1n) is 10.8. The highest BCUT2D eigenvalue weighted by Crippen LogP contribution is 2.38. The number of aromatic hydroxyl groups is 2. The number of phenolic OH excluding ortho intramolecular Hbond substituents is 2. The zero-order valence-electron chi connectivity index (χ0n) is 18.2. The van der Waals surface area contributed by atoms with Crippen LogP contribution in [0.5, 0.6) is 11.5 Å².